The first-order chi connectivity index (χ1) is 20.0. The van der Waals surface area contributed by atoms with Gasteiger partial charge in [-0.25, -0.2) is 8.78 Å². The molecule has 0 aliphatic carbocycles. The third-order valence-corrected chi connectivity index (χ3v) is 8.61. The Morgan fingerprint density at radius 3 is 2.57 bits per heavy atom. The zero-order valence-corrected chi connectivity index (χ0v) is 23.4. The number of nitrogens with zero attached hydrogens (tertiary/aromatic N) is 4. The van der Waals surface area contributed by atoms with Crippen molar-refractivity contribution in [1.82, 2.24) is 20.2 Å². The van der Waals surface area contributed by atoms with E-state index >= 15 is 4.39 Å². The van der Waals surface area contributed by atoms with Crippen molar-refractivity contribution in [3.05, 3.63) is 39.8 Å². The van der Waals surface area contributed by atoms with Crippen LogP contribution in [0.15, 0.2) is 6.07 Å². The molecule has 4 aliphatic heterocycles. The molecule has 2 unspecified atom stereocenters. The van der Waals surface area contributed by atoms with Crippen molar-refractivity contribution in [3.8, 4) is 17.9 Å². The number of piperazine rings is 1. The summed E-state index contributed by atoms with van der Waals surface area (Å²) in [5, 5.41) is 3.57. The van der Waals surface area contributed by atoms with Gasteiger partial charge in [0.2, 0.25) is 0 Å². The molecule has 1 aromatic carbocycles. The normalized spacial score (nSPS) is 27.5. The predicted octanol–water partition coefficient (Wildman–Crippen LogP) is 3.76. The van der Waals surface area contributed by atoms with Gasteiger partial charge in [-0.3, -0.25) is 4.90 Å². The lowest BCUT2D eigenvalue weighted by Crippen LogP contribution is -2.51. The molecular formula is C29H33F5N6O2. The summed E-state index contributed by atoms with van der Waals surface area (Å²) in [7, 11) is 1.82. The molecule has 8 nitrogen and oxygen atoms in total. The fraction of sp³-hybridized carbons (Fsp3) is 0.586. The van der Waals surface area contributed by atoms with Gasteiger partial charge < -0.3 is 25.4 Å². The molecular weight excluding hydrogens is 559 g/mol. The van der Waals surface area contributed by atoms with E-state index in [0.29, 0.717) is 55.2 Å². The number of fused-ring (bicyclic) bond motifs is 3. The van der Waals surface area contributed by atoms with E-state index in [1.165, 1.54) is 6.92 Å². The molecule has 0 amide bonds. The van der Waals surface area contributed by atoms with Crippen LogP contribution >= 0.6 is 0 Å². The van der Waals surface area contributed by atoms with Crippen LogP contribution in [0.2, 0.25) is 0 Å². The van der Waals surface area contributed by atoms with Crippen LogP contribution in [0.5, 0.6) is 6.01 Å². The summed E-state index contributed by atoms with van der Waals surface area (Å²) >= 11 is 0. The van der Waals surface area contributed by atoms with Crippen molar-refractivity contribution >= 4 is 11.5 Å². The number of likely N-dealkylation sites (tertiary alicyclic amines) is 1. The number of hydrogen-bond acceptors (Lipinski definition) is 8. The number of anilines is 2. The fourth-order valence-corrected chi connectivity index (χ4v) is 6.63. The molecule has 42 heavy (non-hydrogen) atoms. The van der Waals surface area contributed by atoms with Gasteiger partial charge in [-0.1, -0.05) is 5.92 Å². The monoisotopic (exact) mass is 592 g/mol. The van der Waals surface area contributed by atoms with Crippen LogP contribution in [0.4, 0.5) is 33.5 Å². The molecule has 6 rings (SSSR count). The highest BCUT2D eigenvalue weighted by molar-refractivity contribution is 5.59. The quantitative estimate of drug-likeness (QED) is 0.309. The minimum absolute atomic E-state index is 0.0487. The maximum atomic E-state index is 15.4. The smallest absolute Gasteiger partial charge is 0.418 e. The van der Waals surface area contributed by atoms with E-state index in [1.54, 1.807) is 0 Å². The number of aromatic nitrogens is 2. The number of nitrogens with one attached hydrogen (secondary N) is 1. The summed E-state index contributed by atoms with van der Waals surface area (Å²) in [4.78, 5) is 13.3. The fourth-order valence-electron chi connectivity index (χ4n) is 6.63. The van der Waals surface area contributed by atoms with Gasteiger partial charge in [-0.15, -0.1) is 5.92 Å². The van der Waals surface area contributed by atoms with Crippen molar-refractivity contribution in [3.63, 3.8) is 0 Å². The molecule has 3 fully saturated rings. The zero-order chi connectivity index (χ0) is 29.8. The average molecular weight is 593 g/mol. The van der Waals surface area contributed by atoms with Crippen molar-refractivity contribution in [2.24, 2.45) is 0 Å². The number of halogens is 5. The third kappa shape index (κ3) is 5.47. The molecule has 4 aliphatic rings. The van der Waals surface area contributed by atoms with Crippen LogP contribution in [0, 0.1) is 17.7 Å². The molecule has 2 bridgehead atoms. The lowest BCUT2D eigenvalue weighted by molar-refractivity contribution is -0.140. The van der Waals surface area contributed by atoms with Gasteiger partial charge in [-0.05, 0) is 39.3 Å². The molecule has 3 N–H and O–H groups in total. The Bertz CT molecular complexity index is 1410. The number of nitrogen functional groups attached to an aromatic ring is 1. The lowest BCUT2D eigenvalue weighted by Gasteiger charge is -2.36. The van der Waals surface area contributed by atoms with Gasteiger partial charge in [0.15, 0.2) is 5.82 Å². The van der Waals surface area contributed by atoms with Crippen molar-refractivity contribution < 1.29 is 31.4 Å². The lowest BCUT2D eigenvalue weighted by atomic mass is 9.90. The minimum Gasteiger partial charge on any atom is -0.462 e. The van der Waals surface area contributed by atoms with Crippen LogP contribution < -0.4 is 20.7 Å². The highest BCUT2D eigenvalue weighted by Gasteiger charge is 2.43. The van der Waals surface area contributed by atoms with E-state index in [1.807, 2.05) is 11.9 Å². The first kappa shape index (κ1) is 28.9. The summed E-state index contributed by atoms with van der Waals surface area (Å²) in [6.07, 6.45) is -4.94. The molecule has 226 valence electrons. The van der Waals surface area contributed by atoms with E-state index < -0.39 is 46.6 Å². The highest BCUT2D eigenvalue weighted by atomic mass is 19.4. The van der Waals surface area contributed by atoms with Crippen LogP contribution in [0.25, 0.3) is 0 Å². The second-order valence-corrected chi connectivity index (χ2v) is 11.5. The Balaban J connectivity index is 1.38. The molecule has 3 saturated heterocycles. The van der Waals surface area contributed by atoms with Gasteiger partial charge >= 0.3 is 12.2 Å². The molecule has 0 saturated carbocycles. The maximum absolute atomic E-state index is 15.4. The maximum Gasteiger partial charge on any atom is 0.418 e. The van der Waals surface area contributed by atoms with Gasteiger partial charge in [0.05, 0.1) is 29.7 Å². The van der Waals surface area contributed by atoms with Gasteiger partial charge in [0.25, 0.3) is 0 Å². The Labute approximate surface area is 240 Å². The first-order valence-corrected chi connectivity index (χ1v) is 14.1. The molecule has 2 aromatic rings. The van der Waals surface area contributed by atoms with E-state index in [9.17, 15) is 17.6 Å². The second-order valence-electron chi connectivity index (χ2n) is 11.5. The van der Waals surface area contributed by atoms with Crippen LogP contribution in [-0.4, -0.2) is 72.5 Å². The SMILES string of the molecule is CC#Cc1cc(N)c(F)c([C@H]2Cc3nc(OC[C@@H]4C[C@@H](F)CN4C)nc(N4CC5CCC(C4)N5)c3CO2)c1C(F)(F)F. The molecule has 5 atom stereocenters. The number of likely N-dealkylation sites (N-methyl/N-ethyl adjacent to an activating group) is 1. The van der Waals surface area contributed by atoms with Crippen molar-refractivity contribution in [1.29, 1.82) is 0 Å². The number of rotatable bonds is 5. The van der Waals surface area contributed by atoms with Gasteiger partial charge in [-0.2, -0.15) is 23.1 Å². The number of ether oxygens (including phenoxy) is 2. The van der Waals surface area contributed by atoms with E-state index in [4.69, 9.17) is 20.2 Å². The Kier molecular flexibility index (Phi) is 7.66. The number of alkyl halides is 4. The topological polar surface area (TPSA) is 88.8 Å². The third-order valence-electron chi connectivity index (χ3n) is 8.61. The molecule has 0 spiro atoms. The second kappa shape index (κ2) is 11.1. The Morgan fingerprint density at radius 2 is 1.93 bits per heavy atom. The number of nitrogens with two attached hydrogens (primary N) is 1. The summed E-state index contributed by atoms with van der Waals surface area (Å²) in [6, 6.07) is 1.37. The van der Waals surface area contributed by atoms with Gasteiger partial charge in [0.1, 0.15) is 18.6 Å². The number of hydrogen-bond donors (Lipinski definition) is 2. The van der Waals surface area contributed by atoms with Gasteiger partial charge in [0, 0.05) is 60.9 Å². The zero-order valence-electron chi connectivity index (χ0n) is 23.4. The molecule has 5 heterocycles. The average Bonchev–Trinajstić information content (AvgIpc) is 3.45. The predicted molar refractivity (Wildman–Crippen MR) is 145 cm³/mol. The molecule has 13 heteroatoms. The largest absolute Gasteiger partial charge is 0.462 e. The summed E-state index contributed by atoms with van der Waals surface area (Å²) < 4.78 is 84.3. The molecule has 0 radical (unpaired) electrons. The summed E-state index contributed by atoms with van der Waals surface area (Å²) in [5.74, 6) is 4.27. The van der Waals surface area contributed by atoms with E-state index in [-0.39, 0.29) is 31.7 Å². The molecule has 1 aromatic heterocycles. The van der Waals surface area contributed by atoms with Crippen LogP contribution in [-0.2, 0) is 23.9 Å². The Hall–Kier alpha value is -3.21. The standard InChI is InChI=1S/C29H33F5N6O2/c1-3-4-15-7-21(35)26(31)24(25(15)29(32,33)34)23-9-22-20(14-41-23)27(40-11-17-5-6-18(12-40)36-17)38-28(37-22)42-13-19-8-16(30)10-39(19)2/h7,16-19,23,36H,5-6,8-14,35H2,1-2H3/t16-,17?,18?,19+,23-/m1/s1. The van der Waals surface area contributed by atoms with Crippen LogP contribution in [0.1, 0.15) is 60.2 Å². The van der Waals surface area contributed by atoms with Crippen molar-refractivity contribution in [2.45, 2.75) is 75.8 Å². The minimum atomic E-state index is -4.90. The summed E-state index contributed by atoms with van der Waals surface area (Å²) in [6.45, 7) is 3.13. The number of benzene rings is 1. The van der Waals surface area contributed by atoms with Crippen LogP contribution in [0.3, 0.4) is 0 Å². The van der Waals surface area contributed by atoms with E-state index in [0.717, 1.165) is 18.9 Å². The highest BCUT2D eigenvalue weighted by Crippen LogP contribution is 2.44. The first-order valence-electron chi connectivity index (χ1n) is 14.1. The van der Waals surface area contributed by atoms with E-state index in [2.05, 4.69) is 27.0 Å². The Morgan fingerprint density at radius 1 is 1.19 bits per heavy atom. The van der Waals surface area contributed by atoms with Crippen molar-refractivity contribution in [2.75, 3.05) is 43.9 Å². The summed E-state index contributed by atoms with van der Waals surface area (Å²) in [5.41, 5.74) is 4.11.